The van der Waals surface area contributed by atoms with Crippen LogP contribution in [0.3, 0.4) is 0 Å². The van der Waals surface area contributed by atoms with E-state index in [4.69, 9.17) is 9.47 Å². The van der Waals surface area contributed by atoms with Crippen molar-refractivity contribution in [3.05, 3.63) is 23.8 Å². The van der Waals surface area contributed by atoms with Crippen molar-refractivity contribution in [2.45, 2.75) is 111 Å². The van der Waals surface area contributed by atoms with Gasteiger partial charge in [-0.2, -0.15) is 0 Å². The fraction of sp³-hybridized carbons (Fsp3) is 0.750. The van der Waals surface area contributed by atoms with Crippen LogP contribution in [-0.2, 0) is 11.2 Å². The number of ether oxygens (including phenoxy) is 2. The molecule has 4 nitrogen and oxygen atoms in total. The predicted octanol–water partition coefficient (Wildman–Crippen LogP) is 6.70. The first-order chi connectivity index (χ1) is 15.1. The highest BCUT2D eigenvalue weighted by Gasteiger charge is 2.42. The lowest BCUT2D eigenvalue weighted by Crippen LogP contribution is -2.34. The summed E-state index contributed by atoms with van der Waals surface area (Å²) >= 11 is 0. The molecule has 0 heterocycles. The van der Waals surface area contributed by atoms with Gasteiger partial charge in [0.1, 0.15) is 22.7 Å². The van der Waals surface area contributed by atoms with E-state index in [2.05, 4.69) is 65.1 Å². The van der Waals surface area contributed by atoms with Gasteiger partial charge < -0.3 is 14.8 Å². The van der Waals surface area contributed by atoms with Gasteiger partial charge in [0.2, 0.25) is 5.91 Å². The smallest absolute Gasteiger partial charge is 0.223 e. The van der Waals surface area contributed by atoms with E-state index < -0.39 is 0 Å². The number of benzene rings is 1. The first kappa shape index (κ1) is 24.9. The second kappa shape index (κ2) is 10.5. The summed E-state index contributed by atoms with van der Waals surface area (Å²) in [6.45, 7) is 13.6. The van der Waals surface area contributed by atoms with E-state index in [1.165, 1.54) is 24.8 Å². The Hall–Kier alpha value is -1.71. The Bertz CT molecular complexity index is 770. The topological polar surface area (TPSA) is 47.6 Å². The Morgan fingerprint density at radius 2 is 1.72 bits per heavy atom. The van der Waals surface area contributed by atoms with E-state index in [-0.39, 0.29) is 17.1 Å². The normalized spacial score (nSPS) is 22.8. The molecular formula is C28H45NO3. The number of hydrogen-bond donors (Lipinski definition) is 1. The molecule has 2 bridgehead atoms. The van der Waals surface area contributed by atoms with Crippen LogP contribution in [0.25, 0.3) is 0 Å². The summed E-state index contributed by atoms with van der Waals surface area (Å²) in [5, 5.41) is 3.21. The maximum atomic E-state index is 12.5. The average Bonchev–Trinajstić information content (AvgIpc) is 3.38. The van der Waals surface area contributed by atoms with Gasteiger partial charge in [-0.15, -0.1) is 0 Å². The van der Waals surface area contributed by atoms with Gasteiger partial charge >= 0.3 is 0 Å². The number of aryl methyl sites for hydroxylation is 1. The van der Waals surface area contributed by atoms with Crippen molar-refractivity contribution in [1.29, 1.82) is 0 Å². The highest BCUT2D eigenvalue weighted by atomic mass is 16.5. The molecule has 3 rings (SSSR count). The van der Waals surface area contributed by atoms with Gasteiger partial charge in [-0.3, -0.25) is 4.79 Å². The van der Waals surface area contributed by atoms with Gasteiger partial charge in [0.05, 0.1) is 0 Å². The molecule has 1 N–H and O–H groups in total. The summed E-state index contributed by atoms with van der Waals surface area (Å²) < 4.78 is 12.6. The maximum Gasteiger partial charge on any atom is 0.223 e. The van der Waals surface area contributed by atoms with Gasteiger partial charge in [-0.1, -0.05) is 26.3 Å². The largest absolute Gasteiger partial charge is 0.488 e. The average molecular weight is 444 g/mol. The number of unbranched alkanes of at least 4 members (excludes halogenated alkanes) is 1. The molecule has 2 aliphatic rings. The lowest BCUT2D eigenvalue weighted by Gasteiger charge is -2.29. The lowest BCUT2D eigenvalue weighted by molar-refractivity contribution is -0.126. The first-order valence-corrected chi connectivity index (χ1v) is 12.9. The summed E-state index contributed by atoms with van der Waals surface area (Å²) in [6.07, 6.45) is 9.84. The monoisotopic (exact) mass is 443 g/mol. The number of fused-ring (bicyclic) bond motifs is 2. The Labute approximate surface area is 195 Å². The molecule has 1 aromatic carbocycles. The lowest BCUT2D eigenvalue weighted by atomic mass is 9.88. The molecule has 0 aliphatic heterocycles. The van der Waals surface area contributed by atoms with Crippen LogP contribution in [0.4, 0.5) is 0 Å². The van der Waals surface area contributed by atoms with Crippen molar-refractivity contribution in [3.8, 4) is 11.5 Å². The Balaban J connectivity index is 1.53. The van der Waals surface area contributed by atoms with E-state index in [1.54, 1.807) is 0 Å². The van der Waals surface area contributed by atoms with Crippen LogP contribution in [0.1, 0.15) is 98.5 Å². The summed E-state index contributed by atoms with van der Waals surface area (Å²) in [5.74, 6) is 3.83. The molecule has 180 valence electrons. The van der Waals surface area contributed by atoms with E-state index in [0.29, 0.717) is 11.8 Å². The zero-order chi connectivity index (χ0) is 23.4. The minimum absolute atomic E-state index is 0.198. The molecule has 2 fully saturated rings. The number of rotatable bonds is 12. The summed E-state index contributed by atoms with van der Waals surface area (Å²) in [4.78, 5) is 12.5. The van der Waals surface area contributed by atoms with Gasteiger partial charge in [-0.05, 0) is 103 Å². The first-order valence-electron chi connectivity index (χ1n) is 12.9. The van der Waals surface area contributed by atoms with Crippen molar-refractivity contribution in [2.24, 2.45) is 17.8 Å². The fourth-order valence-corrected chi connectivity index (χ4v) is 5.01. The molecule has 0 saturated heterocycles. The third kappa shape index (κ3) is 6.65. The van der Waals surface area contributed by atoms with Crippen LogP contribution in [0.5, 0.6) is 11.5 Å². The minimum Gasteiger partial charge on any atom is -0.488 e. The molecule has 1 aromatic rings. The Morgan fingerprint density at radius 1 is 1.00 bits per heavy atom. The molecule has 3 atom stereocenters. The number of carbonyl (C=O) groups is 1. The van der Waals surface area contributed by atoms with Crippen LogP contribution in [-0.4, -0.2) is 23.7 Å². The Morgan fingerprint density at radius 3 is 2.34 bits per heavy atom. The van der Waals surface area contributed by atoms with Crippen LogP contribution in [0, 0.1) is 17.8 Å². The zero-order valence-corrected chi connectivity index (χ0v) is 21.3. The van der Waals surface area contributed by atoms with Gasteiger partial charge in [-0.25, -0.2) is 0 Å². The van der Waals surface area contributed by atoms with Gasteiger partial charge in [0, 0.05) is 18.5 Å². The SMILES string of the molecule is CCC(C)(C)Oc1ccc(CCCCNC(=O)C2CC3CCC2C3)c(OC(C)(C)CC)c1. The molecule has 0 aromatic heterocycles. The second-order valence-corrected chi connectivity index (χ2v) is 11.2. The molecule has 0 spiro atoms. The summed E-state index contributed by atoms with van der Waals surface area (Å²) in [6, 6.07) is 6.27. The third-order valence-corrected chi connectivity index (χ3v) is 7.77. The van der Waals surface area contributed by atoms with Crippen molar-refractivity contribution >= 4 is 5.91 Å². The van der Waals surface area contributed by atoms with Gasteiger partial charge in [0.25, 0.3) is 0 Å². The van der Waals surface area contributed by atoms with E-state index >= 15 is 0 Å². The number of nitrogens with one attached hydrogen (secondary N) is 1. The molecule has 2 aliphatic carbocycles. The summed E-state index contributed by atoms with van der Waals surface area (Å²) in [7, 11) is 0. The fourth-order valence-electron chi connectivity index (χ4n) is 5.01. The number of carbonyl (C=O) groups excluding carboxylic acids is 1. The molecular weight excluding hydrogens is 398 g/mol. The molecule has 4 heteroatoms. The summed E-state index contributed by atoms with van der Waals surface area (Å²) in [5.41, 5.74) is 0.797. The second-order valence-electron chi connectivity index (χ2n) is 11.2. The predicted molar refractivity (Wildman–Crippen MR) is 131 cm³/mol. The highest BCUT2D eigenvalue weighted by molar-refractivity contribution is 5.79. The number of hydrogen-bond acceptors (Lipinski definition) is 3. The van der Waals surface area contributed by atoms with Crippen molar-refractivity contribution in [2.75, 3.05) is 6.54 Å². The highest BCUT2D eigenvalue weighted by Crippen LogP contribution is 2.48. The minimum atomic E-state index is -0.220. The van der Waals surface area contributed by atoms with Crippen molar-refractivity contribution < 1.29 is 14.3 Å². The van der Waals surface area contributed by atoms with E-state index in [0.717, 1.165) is 62.5 Å². The zero-order valence-electron chi connectivity index (χ0n) is 21.3. The van der Waals surface area contributed by atoms with E-state index in [1.807, 2.05) is 0 Å². The molecule has 1 amide bonds. The Kier molecular flexibility index (Phi) is 8.16. The molecule has 3 unspecified atom stereocenters. The maximum absolute atomic E-state index is 12.5. The van der Waals surface area contributed by atoms with Crippen molar-refractivity contribution in [1.82, 2.24) is 5.32 Å². The van der Waals surface area contributed by atoms with Crippen LogP contribution in [0.15, 0.2) is 18.2 Å². The molecule has 32 heavy (non-hydrogen) atoms. The van der Waals surface area contributed by atoms with Crippen LogP contribution >= 0.6 is 0 Å². The van der Waals surface area contributed by atoms with Crippen LogP contribution < -0.4 is 14.8 Å². The van der Waals surface area contributed by atoms with Gasteiger partial charge in [0.15, 0.2) is 0 Å². The third-order valence-electron chi connectivity index (χ3n) is 7.77. The number of amides is 1. The van der Waals surface area contributed by atoms with Crippen LogP contribution in [0.2, 0.25) is 0 Å². The van der Waals surface area contributed by atoms with E-state index in [9.17, 15) is 4.79 Å². The quantitative estimate of drug-likeness (QED) is 0.366. The van der Waals surface area contributed by atoms with Crippen molar-refractivity contribution in [3.63, 3.8) is 0 Å². The molecule has 2 saturated carbocycles. The standard InChI is InChI=1S/C28H45NO3/c1-7-27(3,4)31-23-15-14-21(25(19-23)32-28(5,6)8-2)11-9-10-16-29-26(30)24-18-20-12-13-22(24)17-20/h14-15,19-20,22,24H,7-13,16-18H2,1-6H3,(H,29,30). The molecule has 0 radical (unpaired) electrons.